The highest BCUT2D eigenvalue weighted by molar-refractivity contribution is 5.89. The second-order valence-electron chi connectivity index (χ2n) is 6.02. The predicted molar refractivity (Wildman–Crippen MR) is 91.2 cm³/mol. The molecule has 3 N–H and O–H groups in total. The smallest absolute Gasteiger partial charge is 0.319 e. The second-order valence-corrected chi connectivity index (χ2v) is 6.02. The maximum atomic E-state index is 12.3. The van der Waals surface area contributed by atoms with Crippen molar-refractivity contribution in [2.45, 2.75) is 38.4 Å². The quantitative estimate of drug-likeness (QED) is 0.690. The van der Waals surface area contributed by atoms with Gasteiger partial charge in [0.25, 0.3) is 0 Å². The Morgan fingerprint density at radius 1 is 1.40 bits per heavy atom. The third-order valence-corrected chi connectivity index (χ3v) is 4.30. The summed E-state index contributed by atoms with van der Waals surface area (Å²) in [6.07, 6.45) is 7.94. The van der Waals surface area contributed by atoms with Gasteiger partial charge in [-0.3, -0.25) is 9.36 Å². The number of ether oxygens (including phenoxy) is 1. The van der Waals surface area contributed by atoms with E-state index < -0.39 is 0 Å². The highest BCUT2D eigenvalue weighted by Gasteiger charge is 2.25. The van der Waals surface area contributed by atoms with E-state index in [2.05, 4.69) is 20.8 Å². The number of urea groups is 1. The monoisotopic (exact) mass is 348 g/mol. The van der Waals surface area contributed by atoms with Crippen LogP contribution in [0.25, 0.3) is 0 Å². The Morgan fingerprint density at radius 3 is 3.08 bits per heavy atom. The fourth-order valence-electron chi connectivity index (χ4n) is 3.12. The van der Waals surface area contributed by atoms with Crippen molar-refractivity contribution >= 4 is 11.7 Å². The summed E-state index contributed by atoms with van der Waals surface area (Å²) in [5, 5.41) is 23.4. The summed E-state index contributed by atoms with van der Waals surface area (Å²) in [5.41, 5.74) is 2.77. The molecule has 0 fully saturated rings. The molecule has 9 heteroatoms. The Labute approximate surface area is 146 Å². The van der Waals surface area contributed by atoms with E-state index in [0.29, 0.717) is 25.4 Å². The van der Waals surface area contributed by atoms with Crippen LogP contribution in [0.3, 0.4) is 0 Å². The molecule has 2 aromatic rings. The molecule has 0 aliphatic heterocycles. The topological polar surface area (TPSA) is 106 Å². The number of amides is 2. The van der Waals surface area contributed by atoms with Gasteiger partial charge in [0, 0.05) is 24.6 Å². The molecule has 0 saturated carbocycles. The molecule has 0 spiro atoms. The van der Waals surface area contributed by atoms with Gasteiger partial charge in [-0.1, -0.05) is 0 Å². The third-order valence-electron chi connectivity index (χ3n) is 4.30. The van der Waals surface area contributed by atoms with Gasteiger partial charge in [-0.2, -0.15) is 10.2 Å². The Morgan fingerprint density at radius 2 is 2.28 bits per heavy atom. The van der Waals surface area contributed by atoms with E-state index in [0.717, 1.165) is 30.5 Å². The molecule has 9 nitrogen and oxygen atoms in total. The number of aromatic nitrogens is 4. The van der Waals surface area contributed by atoms with E-state index >= 15 is 0 Å². The first-order valence-corrected chi connectivity index (χ1v) is 8.45. The van der Waals surface area contributed by atoms with Crippen LogP contribution in [0, 0.1) is 0 Å². The lowest BCUT2D eigenvalue weighted by molar-refractivity contribution is 0.183. The van der Waals surface area contributed by atoms with Crippen molar-refractivity contribution in [3.63, 3.8) is 0 Å². The number of nitrogens with one attached hydrogen (secondary N) is 2. The number of anilines is 1. The van der Waals surface area contributed by atoms with Gasteiger partial charge >= 0.3 is 6.03 Å². The predicted octanol–water partition coefficient (Wildman–Crippen LogP) is 0.917. The molecule has 2 aromatic heterocycles. The van der Waals surface area contributed by atoms with E-state index in [1.165, 1.54) is 0 Å². The number of carbonyl (C=O) groups excluding carboxylic acids is 1. The Hall–Kier alpha value is -2.39. The van der Waals surface area contributed by atoms with E-state index in [1.807, 2.05) is 4.68 Å². The van der Waals surface area contributed by atoms with Crippen molar-refractivity contribution in [2.75, 3.05) is 25.6 Å². The Balaban J connectivity index is 1.59. The van der Waals surface area contributed by atoms with E-state index in [9.17, 15) is 4.79 Å². The second kappa shape index (κ2) is 8.13. The number of hydrogen-bond acceptors (Lipinski definition) is 5. The van der Waals surface area contributed by atoms with Gasteiger partial charge in [0.15, 0.2) is 0 Å². The minimum atomic E-state index is -0.265. The standard InChI is InChI=1S/C16H24N6O3/c1-25-8-6-21-11-12(9-17-21)19-16(24)20-14-3-2-4-15-13(14)10-18-22(15)5-7-23/h9-11,14,23H,2-8H2,1H3,(H2,19,20,24). The SMILES string of the molecule is COCCn1cc(NC(=O)NC2CCCc3c2cnn3CCO)cn1. The van der Waals surface area contributed by atoms with Crippen LogP contribution in [-0.4, -0.2) is 51.0 Å². The lowest BCUT2D eigenvalue weighted by atomic mass is 9.93. The molecule has 0 aromatic carbocycles. The molecule has 1 aliphatic rings. The first-order valence-electron chi connectivity index (χ1n) is 8.45. The van der Waals surface area contributed by atoms with Gasteiger partial charge in [-0.05, 0) is 19.3 Å². The van der Waals surface area contributed by atoms with Crippen LogP contribution in [0.15, 0.2) is 18.6 Å². The average molecular weight is 348 g/mol. The number of nitrogens with zero attached hydrogens (tertiary/aromatic N) is 4. The summed E-state index contributed by atoms with van der Waals surface area (Å²) in [5.74, 6) is 0. The van der Waals surface area contributed by atoms with E-state index in [1.54, 1.807) is 30.4 Å². The molecule has 0 radical (unpaired) electrons. The molecule has 3 rings (SSSR count). The molecule has 1 aliphatic carbocycles. The van der Waals surface area contributed by atoms with Crippen LogP contribution in [-0.2, 0) is 24.2 Å². The molecule has 1 atom stereocenters. The van der Waals surface area contributed by atoms with Gasteiger partial charge in [-0.15, -0.1) is 0 Å². The zero-order valence-corrected chi connectivity index (χ0v) is 14.3. The van der Waals surface area contributed by atoms with Crippen molar-refractivity contribution in [1.82, 2.24) is 24.9 Å². The van der Waals surface area contributed by atoms with Crippen LogP contribution in [0.4, 0.5) is 10.5 Å². The largest absolute Gasteiger partial charge is 0.394 e. The number of aliphatic hydroxyl groups excluding tert-OH is 1. The molecule has 25 heavy (non-hydrogen) atoms. The highest BCUT2D eigenvalue weighted by Crippen LogP contribution is 2.29. The molecule has 136 valence electrons. The number of aliphatic hydroxyl groups is 1. The van der Waals surface area contributed by atoms with Crippen molar-refractivity contribution < 1.29 is 14.6 Å². The fraction of sp³-hybridized carbons (Fsp3) is 0.562. The van der Waals surface area contributed by atoms with Gasteiger partial charge in [0.05, 0.1) is 50.4 Å². The van der Waals surface area contributed by atoms with Gasteiger partial charge < -0.3 is 20.5 Å². The zero-order chi connectivity index (χ0) is 17.6. The molecule has 2 heterocycles. The van der Waals surface area contributed by atoms with Crippen LogP contribution in [0.5, 0.6) is 0 Å². The number of carbonyl (C=O) groups is 1. The minimum absolute atomic E-state index is 0.0553. The first-order chi connectivity index (χ1) is 12.2. The third kappa shape index (κ3) is 4.18. The Kier molecular flexibility index (Phi) is 5.67. The van der Waals surface area contributed by atoms with Gasteiger partial charge in [-0.25, -0.2) is 4.79 Å². The Bertz CT molecular complexity index is 711. The van der Waals surface area contributed by atoms with Gasteiger partial charge in [0.1, 0.15) is 0 Å². The minimum Gasteiger partial charge on any atom is -0.394 e. The average Bonchev–Trinajstić information content (AvgIpc) is 3.21. The summed E-state index contributed by atoms with van der Waals surface area (Å²) >= 11 is 0. The molecular weight excluding hydrogens is 324 g/mol. The molecule has 1 unspecified atom stereocenters. The normalized spacial score (nSPS) is 16.5. The highest BCUT2D eigenvalue weighted by atomic mass is 16.5. The number of hydrogen-bond donors (Lipinski definition) is 3. The number of methoxy groups -OCH3 is 1. The van der Waals surface area contributed by atoms with Crippen LogP contribution in [0.2, 0.25) is 0 Å². The molecule has 2 amide bonds. The lowest BCUT2D eigenvalue weighted by Gasteiger charge is -2.24. The first kappa shape index (κ1) is 17.4. The van der Waals surface area contributed by atoms with Crippen LogP contribution in [0.1, 0.15) is 30.1 Å². The summed E-state index contributed by atoms with van der Waals surface area (Å²) < 4.78 is 8.54. The van der Waals surface area contributed by atoms with E-state index in [-0.39, 0.29) is 18.7 Å². The maximum absolute atomic E-state index is 12.3. The van der Waals surface area contributed by atoms with Crippen LogP contribution < -0.4 is 10.6 Å². The number of fused-ring (bicyclic) bond motifs is 1. The summed E-state index contributed by atoms with van der Waals surface area (Å²) in [6.45, 7) is 1.74. The van der Waals surface area contributed by atoms with E-state index in [4.69, 9.17) is 9.84 Å². The lowest BCUT2D eigenvalue weighted by Crippen LogP contribution is -2.34. The zero-order valence-electron chi connectivity index (χ0n) is 14.3. The van der Waals surface area contributed by atoms with Crippen LogP contribution >= 0.6 is 0 Å². The summed E-state index contributed by atoms with van der Waals surface area (Å²) in [6, 6.07) is -0.334. The number of rotatable bonds is 7. The molecule has 0 saturated heterocycles. The summed E-state index contributed by atoms with van der Waals surface area (Å²) in [4.78, 5) is 12.3. The van der Waals surface area contributed by atoms with Gasteiger partial charge in [0.2, 0.25) is 0 Å². The van der Waals surface area contributed by atoms with Crippen molar-refractivity contribution in [3.8, 4) is 0 Å². The van der Waals surface area contributed by atoms with Crippen molar-refractivity contribution in [1.29, 1.82) is 0 Å². The maximum Gasteiger partial charge on any atom is 0.319 e. The molecular formula is C16H24N6O3. The van der Waals surface area contributed by atoms with Crippen molar-refractivity contribution in [2.24, 2.45) is 0 Å². The summed E-state index contributed by atoms with van der Waals surface area (Å²) in [7, 11) is 1.64. The fourth-order valence-corrected chi connectivity index (χ4v) is 3.12. The molecule has 0 bridgehead atoms. The van der Waals surface area contributed by atoms with Crippen molar-refractivity contribution in [3.05, 3.63) is 29.8 Å².